The van der Waals surface area contributed by atoms with E-state index < -0.39 is 0 Å². The van der Waals surface area contributed by atoms with Crippen LogP contribution in [0.5, 0.6) is 0 Å². The van der Waals surface area contributed by atoms with E-state index in [4.69, 9.17) is 0 Å². The van der Waals surface area contributed by atoms with Crippen LogP contribution in [0.3, 0.4) is 0 Å². The Hall–Kier alpha value is -0.610. The van der Waals surface area contributed by atoms with Crippen molar-refractivity contribution in [3.05, 3.63) is 0 Å². The van der Waals surface area contributed by atoms with Gasteiger partial charge in [0.15, 0.2) is 0 Å². The van der Waals surface area contributed by atoms with E-state index in [0.717, 1.165) is 32.6 Å². The van der Waals surface area contributed by atoms with E-state index in [-0.39, 0.29) is 11.9 Å². The van der Waals surface area contributed by atoms with Gasteiger partial charge in [0, 0.05) is 19.1 Å². The molecule has 0 aliphatic rings. The van der Waals surface area contributed by atoms with Crippen LogP contribution < -0.4 is 10.6 Å². The fraction of sp³-hybridized carbons (Fsp3) is 0.933. The molecule has 0 aliphatic carbocycles. The van der Waals surface area contributed by atoms with Gasteiger partial charge in [-0.2, -0.15) is 0 Å². The molecule has 0 radical (unpaired) electrons. The lowest BCUT2D eigenvalue weighted by molar-refractivity contribution is -0.123. The minimum absolute atomic E-state index is 0.104. The third-order valence-corrected chi connectivity index (χ3v) is 3.38. The Labute approximate surface area is 119 Å². The topological polar surface area (TPSA) is 44.4 Å². The summed E-state index contributed by atoms with van der Waals surface area (Å²) >= 11 is 0. The number of hydrogen-bond acceptors (Lipinski definition) is 3. The Bertz CT molecular complexity index is 240. The molecule has 0 aromatic heterocycles. The van der Waals surface area contributed by atoms with Gasteiger partial charge in [-0.05, 0) is 39.3 Å². The smallest absolute Gasteiger partial charge is 0.236 e. The first-order chi connectivity index (χ1) is 8.90. The molecule has 0 saturated heterocycles. The Morgan fingerprint density at radius 3 is 2.16 bits per heavy atom. The van der Waals surface area contributed by atoms with Gasteiger partial charge in [0.25, 0.3) is 0 Å². The van der Waals surface area contributed by atoms with Crippen LogP contribution in [0.4, 0.5) is 0 Å². The molecule has 0 fully saturated rings. The molecule has 2 N–H and O–H groups in total. The summed E-state index contributed by atoms with van der Waals surface area (Å²) in [4.78, 5) is 14.3. The van der Waals surface area contributed by atoms with Crippen LogP contribution in [0.2, 0.25) is 0 Å². The average Bonchev–Trinajstić information content (AvgIpc) is 2.35. The van der Waals surface area contributed by atoms with Crippen molar-refractivity contribution in [3.8, 4) is 0 Å². The standard InChI is InChI=1S/C15H33N3O/c1-7-18(8-2)11-13(5)17-14(6)15(19)16-10-9-12(3)4/h12-14,17H,7-11H2,1-6H3,(H,16,19). The SMILES string of the molecule is CCN(CC)CC(C)NC(C)C(=O)NCCC(C)C. The highest BCUT2D eigenvalue weighted by atomic mass is 16.2. The van der Waals surface area contributed by atoms with Crippen molar-refractivity contribution in [2.75, 3.05) is 26.2 Å². The highest BCUT2D eigenvalue weighted by molar-refractivity contribution is 5.81. The fourth-order valence-electron chi connectivity index (χ4n) is 2.06. The van der Waals surface area contributed by atoms with Crippen molar-refractivity contribution in [2.24, 2.45) is 5.92 Å². The van der Waals surface area contributed by atoms with E-state index in [1.165, 1.54) is 0 Å². The Balaban J connectivity index is 3.93. The maximum Gasteiger partial charge on any atom is 0.236 e. The van der Waals surface area contributed by atoms with Crippen LogP contribution in [0.25, 0.3) is 0 Å². The normalized spacial score (nSPS) is 14.7. The molecular formula is C15H33N3O. The largest absolute Gasteiger partial charge is 0.355 e. The van der Waals surface area contributed by atoms with Gasteiger partial charge in [-0.1, -0.05) is 27.7 Å². The molecule has 0 aromatic rings. The van der Waals surface area contributed by atoms with Crippen molar-refractivity contribution >= 4 is 5.91 Å². The second-order valence-electron chi connectivity index (χ2n) is 5.75. The third kappa shape index (κ3) is 9.00. The monoisotopic (exact) mass is 271 g/mol. The highest BCUT2D eigenvalue weighted by Crippen LogP contribution is 1.97. The summed E-state index contributed by atoms with van der Waals surface area (Å²) in [6.07, 6.45) is 1.04. The summed E-state index contributed by atoms with van der Waals surface area (Å²) in [6.45, 7) is 16.6. The van der Waals surface area contributed by atoms with Crippen molar-refractivity contribution in [1.82, 2.24) is 15.5 Å². The zero-order valence-corrected chi connectivity index (χ0v) is 13.6. The average molecular weight is 271 g/mol. The number of carbonyl (C=O) groups is 1. The minimum Gasteiger partial charge on any atom is -0.355 e. The first kappa shape index (κ1) is 18.4. The van der Waals surface area contributed by atoms with Gasteiger partial charge in [0.2, 0.25) is 5.91 Å². The molecule has 19 heavy (non-hydrogen) atoms. The predicted octanol–water partition coefficient (Wildman–Crippen LogP) is 1.86. The Morgan fingerprint density at radius 2 is 1.68 bits per heavy atom. The third-order valence-electron chi connectivity index (χ3n) is 3.38. The lowest BCUT2D eigenvalue weighted by atomic mass is 10.1. The number of nitrogens with one attached hydrogen (secondary N) is 2. The maximum atomic E-state index is 11.9. The van der Waals surface area contributed by atoms with E-state index in [2.05, 4.69) is 50.2 Å². The molecule has 0 aromatic carbocycles. The molecule has 4 heteroatoms. The van der Waals surface area contributed by atoms with Gasteiger partial charge in [0.1, 0.15) is 0 Å². The Kier molecular flexibility index (Phi) is 9.88. The summed E-state index contributed by atoms with van der Waals surface area (Å²) < 4.78 is 0. The van der Waals surface area contributed by atoms with Crippen LogP contribution in [-0.4, -0.2) is 49.1 Å². The summed E-state index contributed by atoms with van der Waals surface area (Å²) in [6, 6.07) is 0.198. The van der Waals surface area contributed by atoms with Crippen molar-refractivity contribution in [2.45, 2.75) is 60.0 Å². The van der Waals surface area contributed by atoms with Crippen molar-refractivity contribution in [1.29, 1.82) is 0 Å². The molecule has 2 unspecified atom stereocenters. The molecule has 114 valence electrons. The second kappa shape index (κ2) is 10.2. The summed E-state index contributed by atoms with van der Waals surface area (Å²) in [5.41, 5.74) is 0. The number of hydrogen-bond donors (Lipinski definition) is 2. The second-order valence-corrected chi connectivity index (χ2v) is 5.75. The lowest BCUT2D eigenvalue weighted by Gasteiger charge is -2.25. The van der Waals surface area contributed by atoms with Crippen LogP contribution in [0, 0.1) is 5.92 Å². The first-order valence-electron chi connectivity index (χ1n) is 7.66. The van der Waals surface area contributed by atoms with Crippen LogP contribution in [-0.2, 0) is 4.79 Å². The van der Waals surface area contributed by atoms with E-state index in [9.17, 15) is 4.79 Å². The Morgan fingerprint density at radius 1 is 1.11 bits per heavy atom. The predicted molar refractivity (Wildman–Crippen MR) is 82.3 cm³/mol. The van der Waals surface area contributed by atoms with Crippen LogP contribution in [0.15, 0.2) is 0 Å². The quantitative estimate of drug-likeness (QED) is 0.637. The van der Waals surface area contributed by atoms with Gasteiger partial charge >= 0.3 is 0 Å². The fourth-order valence-corrected chi connectivity index (χ4v) is 2.06. The van der Waals surface area contributed by atoms with Gasteiger partial charge in [0.05, 0.1) is 6.04 Å². The maximum absolute atomic E-state index is 11.9. The molecule has 0 heterocycles. The van der Waals surface area contributed by atoms with Crippen LogP contribution >= 0.6 is 0 Å². The summed E-state index contributed by atoms with van der Waals surface area (Å²) in [5, 5.41) is 6.35. The highest BCUT2D eigenvalue weighted by Gasteiger charge is 2.16. The molecule has 0 rings (SSSR count). The minimum atomic E-state index is -0.127. The molecule has 0 spiro atoms. The van der Waals surface area contributed by atoms with Crippen LogP contribution in [0.1, 0.15) is 48.0 Å². The molecular weight excluding hydrogens is 238 g/mol. The van der Waals surface area contributed by atoms with E-state index >= 15 is 0 Å². The number of carbonyl (C=O) groups excluding carboxylic acids is 1. The van der Waals surface area contributed by atoms with Crippen molar-refractivity contribution in [3.63, 3.8) is 0 Å². The molecule has 4 nitrogen and oxygen atoms in total. The zero-order chi connectivity index (χ0) is 14.8. The molecule has 1 amide bonds. The van der Waals surface area contributed by atoms with Crippen molar-refractivity contribution < 1.29 is 4.79 Å². The number of nitrogens with zero attached hydrogens (tertiary/aromatic N) is 1. The molecule has 0 aliphatic heterocycles. The molecule has 2 atom stereocenters. The molecule has 0 saturated carbocycles. The summed E-state index contributed by atoms with van der Waals surface area (Å²) in [7, 11) is 0. The van der Waals surface area contributed by atoms with Gasteiger partial charge in [-0.3, -0.25) is 4.79 Å². The van der Waals surface area contributed by atoms with Gasteiger partial charge in [-0.25, -0.2) is 0 Å². The lowest BCUT2D eigenvalue weighted by Crippen LogP contribution is -2.49. The summed E-state index contributed by atoms with van der Waals surface area (Å²) in [5.74, 6) is 0.734. The van der Waals surface area contributed by atoms with E-state index in [0.29, 0.717) is 12.0 Å². The number of rotatable bonds is 10. The number of likely N-dealkylation sites (N-methyl/N-ethyl adjacent to an activating group) is 1. The van der Waals surface area contributed by atoms with E-state index in [1.54, 1.807) is 0 Å². The zero-order valence-electron chi connectivity index (χ0n) is 13.6. The first-order valence-corrected chi connectivity index (χ1v) is 7.66. The van der Waals surface area contributed by atoms with Gasteiger partial charge in [-0.15, -0.1) is 0 Å². The molecule has 0 bridgehead atoms. The number of amides is 1. The van der Waals surface area contributed by atoms with Gasteiger partial charge < -0.3 is 15.5 Å². The van der Waals surface area contributed by atoms with E-state index in [1.807, 2.05) is 6.92 Å².